The van der Waals surface area contributed by atoms with Crippen LogP contribution in [0.25, 0.3) is 0 Å². The van der Waals surface area contributed by atoms with E-state index in [1.165, 1.54) is 12.3 Å². The van der Waals surface area contributed by atoms with Crippen LogP contribution in [0.2, 0.25) is 10.0 Å². The summed E-state index contributed by atoms with van der Waals surface area (Å²) in [5.74, 6) is -0.0638. The summed E-state index contributed by atoms with van der Waals surface area (Å²) >= 11 is 12.0. The van der Waals surface area contributed by atoms with E-state index < -0.39 is 5.97 Å². The van der Waals surface area contributed by atoms with E-state index in [4.69, 9.17) is 37.4 Å². The summed E-state index contributed by atoms with van der Waals surface area (Å²) < 4.78 is 17.3. The molecule has 0 saturated heterocycles. The topological polar surface area (TPSA) is 61.8 Å². The number of fused-ring (bicyclic) bond motifs is 1. The van der Waals surface area contributed by atoms with Gasteiger partial charge in [0.05, 0.1) is 16.5 Å². The fourth-order valence-corrected chi connectivity index (χ4v) is 4.41. The Labute approximate surface area is 190 Å². The van der Waals surface area contributed by atoms with E-state index in [-0.39, 0.29) is 40.3 Å². The van der Waals surface area contributed by atoms with Gasteiger partial charge in [0, 0.05) is 11.4 Å². The van der Waals surface area contributed by atoms with Crippen molar-refractivity contribution in [3.05, 3.63) is 75.2 Å². The van der Waals surface area contributed by atoms with Crippen molar-refractivity contribution in [1.29, 1.82) is 0 Å². The van der Waals surface area contributed by atoms with E-state index in [1.54, 1.807) is 12.1 Å². The molecule has 2 aliphatic rings. The Morgan fingerprint density at radius 2 is 1.90 bits per heavy atom. The lowest BCUT2D eigenvalue weighted by Crippen LogP contribution is -2.43. The molecule has 0 bridgehead atoms. The van der Waals surface area contributed by atoms with E-state index in [1.807, 2.05) is 32.0 Å². The van der Waals surface area contributed by atoms with Gasteiger partial charge in [0.2, 0.25) is 11.5 Å². The standard InChI is InChI=1S/C24H22Cl2O5/c1-13-3-4-14(2)20(9-13)31-22-12-29-21-11-16(6-8-18(21)23(22)27)30-24(28)17-7-5-15(25)10-19(17)26/h3-5,7,9-10,12,16,18,21H,6,8,11H2,1-2H3. The maximum Gasteiger partial charge on any atom is 0.339 e. The second-order valence-electron chi connectivity index (χ2n) is 7.96. The number of ether oxygens (including phenoxy) is 3. The van der Waals surface area contributed by atoms with Gasteiger partial charge in [0.15, 0.2) is 0 Å². The third kappa shape index (κ3) is 4.73. The van der Waals surface area contributed by atoms with E-state index in [2.05, 4.69) is 0 Å². The Balaban J connectivity index is 1.41. The zero-order valence-corrected chi connectivity index (χ0v) is 18.7. The average Bonchev–Trinajstić information content (AvgIpc) is 2.72. The van der Waals surface area contributed by atoms with Crippen molar-refractivity contribution in [2.24, 2.45) is 5.92 Å². The highest BCUT2D eigenvalue weighted by Crippen LogP contribution is 2.36. The Kier molecular flexibility index (Phi) is 6.26. The molecule has 2 aromatic carbocycles. The molecule has 1 fully saturated rings. The Morgan fingerprint density at radius 3 is 2.68 bits per heavy atom. The number of ketones is 1. The number of aryl methyl sites for hydroxylation is 2. The first-order valence-corrected chi connectivity index (χ1v) is 10.9. The highest BCUT2D eigenvalue weighted by atomic mass is 35.5. The lowest BCUT2D eigenvalue weighted by molar-refractivity contribution is -0.132. The lowest BCUT2D eigenvalue weighted by Gasteiger charge is -2.36. The number of halogens is 2. The van der Waals surface area contributed by atoms with Gasteiger partial charge in [-0.25, -0.2) is 4.79 Å². The Bertz CT molecular complexity index is 1060. The van der Waals surface area contributed by atoms with Crippen molar-refractivity contribution in [2.75, 3.05) is 0 Å². The molecule has 7 heteroatoms. The van der Waals surface area contributed by atoms with Crippen molar-refractivity contribution in [2.45, 2.75) is 45.3 Å². The summed E-state index contributed by atoms with van der Waals surface area (Å²) in [6, 6.07) is 10.5. The highest BCUT2D eigenvalue weighted by Gasteiger charge is 2.42. The number of hydrogen-bond acceptors (Lipinski definition) is 5. The summed E-state index contributed by atoms with van der Waals surface area (Å²) in [4.78, 5) is 25.5. The molecule has 5 nitrogen and oxygen atoms in total. The second kappa shape index (κ2) is 8.93. The quantitative estimate of drug-likeness (QED) is 0.537. The van der Waals surface area contributed by atoms with Crippen LogP contribution in [0.15, 0.2) is 48.4 Å². The molecular formula is C24H22Cl2O5. The van der Waals surface area contributed by atoms with Crippen molar-refractivity contribution < 1.29 is 23.8 Å². The predicted molar refractivity (Wildman–Crippen MR) is 118 cm³/mol. The molecule has 1 aliphatic heterocycles. The van der Waals surface area contributed by atoms with E-state index in [0.29, 0.717) is 30.0 Å². The summed E-state index contributed by atoms with van der Waals surface area (Å²) in [6.07, 6.45) is 2.20. The normalized spacial score (nSPS) is 22.8. The van der Waals surface area contributed by atoms with Crippen LogP contribution < -0.4 is 4.74 Å². The molecule has 0 radical (unpaired) electrons. The van der Waals surface area contributed by atoms with Crippen LogP contribution in [-0.2, 0) is 14.3 Å². The van der Waals surface area contributed by atoms with Crippen LogP contribution in [0.5, 0.6) is 5.75 Å². The van der Waals surface area contributed by atoms with Gasteiger partial charge in [0.25, 0.3) is 0 Å². The molecule has 1 saturated carbocycles. The van der Waals surface area contributed by atoms with Crippen molar-refractivity contribution in [3.63, 3.8) is 0 Å². The van der Waals surface area contributed by atoms with E-state index >= 15 is 0 Å². The van der Waals surface area contributed by atoms with Gasteiger partial charge in [-0.2, -0.15) is 0 Å². The number of carbonyl (C=O) groups excluding carboxylic acids is 2. The summed E-state index contributed by atoms with van der Waals surface area (Å²) in [7, 11) is 0. The van der Waals surface area contributed by atoms with E-state index in [9.17, 15) is 9.59 Å². The van der Waals surface area contributed by atoms with Crippen molar-refractivity contribution >= 4 is 35.0 Å². The van der Waals surface area contributed by atoms with Crippen molar-refractivity contribution in [1.82, 2.24) is 0 Å². The molecule has 4 rings (SSSR count). The molecule has 3 atom stereocenters. The molecule has 31 heavy (non-hydrogen) atoms. The third-order valence-corrected chi connectivity index (χ3v) is 6.21. The number of Topliss-reactive ketones (excluding diaryl/α,β-unsaturated/α-hetero) is 1. The van der Waals surface area contributed by atoms with Gasteiger partial charge in [-0.3, -0.25) is 4.79 Å². The third-order valence-electron chi connectivity index (χ3n) is 5.66. The minimum absolute atomic E-state index is 0.0809. The summed E-state index contributed by atoms with van der Waals surface area (Å²) in [5, 5.41) is 0.688. The van der Waals surface area contributed by atoms with Crippen LogP contribution in [0.3, 0.4) is 0 Å². The zero-order chi connectivity index (χ0) is 22.1. The molecule has 162 valence electrons. The second-order valence-corrected chi connectivity index (χ2v) is 8.81. The first-order chi connectivity index (χ1) is 14.8. The number of esters is 1. The van der Waals surface area contributed by atoms with Crippen LogP contribution in [0.1, 0.15) is 40.7 Å². The van der Waals surface area contributed by atoms with E-state index in [0.717, 1.165) is 11.1 Å². The maximum absolute atomic E-state index is 13.0. The highest BCUT2D eigenvalue weighted by molar-refractivity contribution is 6.36. The van der Waals surface area contributed by atoms with Crippen LogP contribution in [0, 0.1) is 19.8 Å². The predicted octanol–water partition coefficient (Wildman–Crippen LogP) is 5.82. The summed E-state index contributed by atoms with van der Waals surface area (Å²) in [6.45, 7) is 3.90. The molecule has 1 heterocycles. The number of benzene rings is 2. The van der Waals surface area contributed by atoms with Gasteiger partial charge in [-0.15, -0.1) is 0 Å². The van der Waals surface area contributed by atoms with Crippen LogP contribution >= 0.6 is 23.2 Å². The average molecular weight is 461 g/mol. The zero-order valence-electron chi connectivity index (χ0n) is 17.2. The fourth-order valence-electron chi connectivity index (χ4n) is 3.92. The smallest absolute Gasteiger partial charge is 0.339 e. The van der Waals surface area contributed by atoms with Crippen molar-refractivity contribution in [3.8, 4) is 5.75 Å². The minimum Gasteiger partial charge on any atom is -0.493 e. The first kappa shape index (κ1) is 21.7. The number of carbonyl (C=O) groups is 2. The molecule has 3 unspecified atom stereocenters. The molecule has 2 aromatic rings. The SMILES string of the molecule is Cc1ccc(C)c(OC2=COC3CC(OC(=O)c4ccc(Cl)cc4Cl)CCC3C2=O)c1. The molecular weight excluding hydrogens is 439 g/mol. The minimum atomic E-state index is -0.512. The number of allylic oxidation sites excluding steroid dienone is 1. The summed E-state index contributed by atoms with van der Waals surface area (Å²) in [5.41, 5.74) is 2.25. The first-order valence-electron chi connectivity index (χ1n) is 10.1. The number of rotatable bonds is 4. The largest absolute Gasteiger partial charge is 0.493 e. The Morgan fingerprint density at radius 1 is 1.10 bits per heavy atom. The Hall–Kier alpha value is -2.50. The van der Waals surface area contributed by atoms with Crippen LogP contribution in [-0.4, -0.2) is 24.0 Å². The van der Waals surface area contributed by atoms with Crippen LogP contribution in [0.4, 0.5) is 0 Å². The molecule has 0 aromatic heterocycles. The monoisotopic (exact) mass is 460 g/mol. The lowest BCUT2D eigenvalue weighted by atomic mass is 9.80. The maximum atomic E-state index is 13.0. The molecule has 0 amide bonds. The molecule has 0 N–H and O–H groups in total. The van der Waals surface area contributed by atoms with Gasteiger partial charge in [0.1, 0.15) is 24.2 Å². The molecule has 1 aliphatic carbocycles. The number of hydrogen-bond donors (Lipinski definition) is 0. The fraction of sp³-hybridized carbons (Fsp3) is 0.333. The van der Waals surface area contributed by atoms with Gasteiger partial charge in [-0.05, 0) is 62.1 Å². The van der Waals surface area contributed by atoms with Gasteiger partial charge in [-0.1, -0.05) is 35.3 Å². The molecule has 0 spiro atoms. The van der Waals surface area contributed by atoms with Gasteiger partial charge >= 0.3 is 5.97 Å². The van der Waals surface area contributed by atoms with Gasteiger partial charge < -0.3 is 14.2 Å².